The first-order valence-corrected chi connectivity index (χ1v) is 6.31. The molecule has 0 bridgehead atoms. The van der Waals surface area contributed by atoms with Crippen molar-refractivity contribution in [2.75, 3.05) is 18.0 Å². The minimum Gasteiger partial charge on any atom is -0.378 e. The number of nitrogens with two attached hydrogens (primary N) is 1. The second kappa shape index (κ2) is 5.08. The van der Waals surface area contributed by atoms with Crippen molar-refractivity contribution in [2.45, 2.75) is 18.4 Å². The fraction of sp³-hybridized carbons (Fsp3) is 0.385. The van der Waals surface area contributed by atoms with Gasteiger partial charge in [-0.25, -0.2) is 0 Å². The van der Waals surface area contributed by atoms with E-state index < -0.39 is 11.5 Å². The van der Waals surface area contributed by atoms with Crippen LogP contribution >= 0.6 is 11.6 Å². The first-order valence-electron chi connectivity index (χ1n) is 5.93. The quantitative estimate of drug-likeness (QED) is 0.846. The summed E-state index contributed by atoms with van der Waals surface area (Å²) in [7, 11) is 0. The molecule has 0 unspecified atom stereocenters. The van der Waals surface area contributed by atoms with E-state index in [2.05, 4.69) is 6.07 Å². The van der Waals surface area contributed by atoms with Crippen LogP contribution < -0.4 is 10.6 Å². The van der Waals surface area contributed by atoms with Crippen LogP contribution in [0.1, 0.15) is 18.4 Å². The molecule has 1 heterocycles. The topological polar surface area (TPSA) is 90.3 Å². The third-order valence-corrected chi connectivity index (χ3v) is 3.59. The van der Waals surface area contributed by atoms with Gasteiger partial charge in [0.15, 0.2) is 5.60 Å². The van der Waals surface area contributed by atoms with Gasteiger partial charge in [-0.05, 0) is 31.0 Å². The van der Waals surface area contributed by atoms with Crippen LogP contribution in [-0.4, -0.2) is 29.7 Å². The fourth-order valence-corrected chi connectivity index (χ4v) is 2.47. The lowest BCUT2D eigenvalue weighted by molar-refractivity contribution is -0.137. The summed E-state index contributed by atoms with van der Waals surface area (Å²) in [5.41, 5.74) is 4.76. The Balaban J connectivity index is 2.35. The van der Waals surface area contributed by atoms with E-state index in [1.165, 1.54) is 0 Å². The van der Waals surface area contributed by atoms with Gasteiger partial charge >= 0.3 is 0 Å². The fourth-order valence-electron chi connectivity index (χ4n) is 2.30. The molecule has 1 fully saturated rings. The summed E-state index contributed by atoms with van der Waals surface area (Å²) in [5, 5.41) is 19.8. The number of amides is 1. The number of piperidine rings is 1. The Kier molecular flexibility index (Phi) is 3.65. The Hall–Kier alpha value is -1.77. The van der Waals surface area contributed by atoms with Gasteiger partial charge in [0.25, 0.3) is 5.91 Å². The number of β-amino-alcohol motifs (C(OH)–C–C–N with tert-alkyl or cyclic N) is 1. The highest BCUT2D eigenvalue weighted by Gasteiger charge is 2.39. The predicted molar refractivity (Wildman–Crippen MR) is 71.8 cm³/mol. The van der Waals surface area contributed by atoms with Crippen LogP contribution in [0.4, 0.5) is 5.69 Å². The van der Waals surface area contributed by atoms with Crippen LogP contribution in [0, 0.1) is 11.3 Å². The van der Waals surface area contributed by atoms with Crippen LogP contribution in [0.25, 0.3) is 0 Å². The van der Waals surface area contributed by atoms with E-state index in [4.69, 9.17) is 22.6 Å². The molecule has 3 N–H and O–H groups in total. The van der Waals surface area contributed by atoms with E-state index in [0.717, 1.165) is 0 Å². The van der Waals surface area contributed by atoms with E-state index in [0.29, 0.717) is 35.7 Å². The number of anilines is 1. The Bertz CT molecular complexity index is 555. The zero-order valence-corrected chi connectivity index (χ0v) is 11.0. The van der Waals surface area contributed by atoms with Gasteiger partial charge in [-0.2, -0.15) is 5.26 Å². The van der Waals surface area contributed by atoms with Crippen molar-refractivity contribution in [2.24, 2.45) is 5.73 Å². The van der Waals surface area contributed by atoms with Gasteiger partial charge < -0.3 is 15.7 Å². The van der Waals surface area contributed by atoms with Gasteiger partial charge in [0.1, 0.15) is 6.07 Å². The number of primary amides is 1. The molecular formula is C13H14ClN3O2. The molecule has 5 nitrogen and oxygen atoms in total. The van der Waals surface area contributed by atoms with Gasteiger partial charge in [-0.1, -0.05) is 11.6 Å². The van der Waals surface area contributed by atoms with Crippen molar-refractivity contribution < 1.29 is 9.90 Å². The van der Waals surface area contributed by atoms with E-state index in [1.54, 1.807) is 23.1 Å². The second-order valence-corrected chi connectivity index (χ2v) is 5.13. The lowest BCUT2D eigenvalue weighted by atomic mass is 9.91. The first-order chi connectivity index (χ1) is 8.96. The van der Waals surface area contributed by atoms with E-state index >= 15 is 0 Å². The number of aliphatic hydroxyl groups is 1. The molecule has 1 atom stereocenters. The third kappa shape index (κ3) is 2.65. The summed E-state index contributed by atoms with van der Waals surface area (Å²) >= 11 is 5.94. The average Bonchev–Trinajstić information content (AvgIpc) is 2.38. The lowest BCUT2D eigenvalue weighted by Gasteiger charge is -2.38. The number of rotatable bonds is 2. The molecule has 0 spiro atoms. The van der Waals surface area contributed by atoms with Crippen LogP contribution in [0.3, 0.4) is 0 Å². The van der Waals surface area contributed by atoms with Crippen molar-refractivity contribution in [3.05, 3.63) is 28.8 Å². The number of carbonyl (C=O) groups excluding carboxylic acids is 1. The maximum atomic E-state index is 11.3. The Morgan fingerprint density at radius 3 is 2.95 bits per heavy atom. The molecule has 1 amide bonds. The minimum atomic E-state index is -1.55. The highest BCUT2D eigenvalue weighted by atomic mass is 35.5. The van der Waals surface area contributed by atoms with Gasteiger partial charge in [-0.3, -0.25) is 4.79 Å². The summed E-state index contributed by atoms with van der Waals surface area (Å²) < 4.78 is 0. The average molecular weight is 280 g/mol. The van der Waals surface area contributed by atoms with E-state index in [1.807, 2.05) is 0 Å². The zero-order valence-electron chi connectivity index (χ0n) is 10.3. The van der Waals surface area contributed by atoms with Crippen molar-refractivity contribution >= 4 is 23.2 Å². The first kappa shape index (κ1) is 13.7. The number of nitrogens with zero attached hydrogens (tertiary/aromatic N) is 2. The second-order valence-electron chi connectivity index (χ2n) is 4.69. The molecule has 1 aliphatic heterocycles. The SMILES string of the molecule is N#Cc1ccc(Cl)cc1N1CCC[C@](O)(C(N)=O)C1. The van der Waals surface area contributed by atoms with Crippen molar-refractivity contribution in [1.82, 2.24) is 0 Å². The molecule has 100 valence electrons. The van der Waals surface area contributed by atoms with Crippen LogP contribution in [0.15, 0.2) is 18.2 Å². The number of hydrogen-bond acceptors (Lipinski definition) is 4. The normalized spacial score (nSPS) is 22.9. The predicted octanol–water partition coefficient (Wildman–Crippen LogP) is 1.03. The summed E-state index contributed by atoms with van der Waals surface area (Å²) in [4.78, 5) is 13.1. The maximum absolute atomic E-state index is 11.3. The Labute approximate surface area is 116 Å². The van der Waals surface area contributed by atoms with E-state index in [-0.39, 0.29) is 6.54 Å². The number of benzene rings is 1. The monoisotopic (exact) mass is 279 g/mol. The molecule has 0 aliphatic carbocycles. The van der Waals surface area contributed by atoms with Crippen LogP contribution in [0.5, 0.6) is 0 Å². The number of halogens is 1. The molecule has 1 saturated heterocycles. The molecule has 2 rings (SSSR count). The molecule has 1 aromatic carbocycles. The van der Waals surface area contributed by atoms with Crippen LogP contribution in [-0.2, 0) is 4.79 Å². The summed E-state index contributed by atoms with van der Waals surface area (Å²) in [5.74, 6) is -0.738. The molecule has 0 saturated carbocycles. The maximum Gasteiger partial charge on any atom is 0.251 e. The van der Waals surface area contributed by atoms with Gasteiger partial charge in [-0.15, -0.1) is 0 Å². The molecule has 1 aromatic rings. The number of carbonyl (C=O) groups is 1. The zero-order chi connectivity index (χ0) is 14.0. The highest BCUT2D eigenvalue weighted by Crippen LogP contribution is 2.30. The number of hydrogen-bond donors (Lipinski definition) is 2. The molecule has 0 radical (unpaired) electrons. The third-order valence-electron chi connectivity index (χ3n) is 3.35. The Morgan fingerprint density at radius 2 is 2.32 bits per heavy atom. The molecule has 6 heteroatoms. The van der Waals surface area contributed by atoms with Gasteiger partial charge in [0, 0.05) is 11.6 Å². The standard InChI is InChI=1S/C13H14ClN3O2/c14-10-3-2-9(7-15)11(6-10)17-5-1-4-13(19,8-17)12(16)18/h2-3,6,19H,1,4-5,8H2,(H2,16,18)/t13-/m1/s1. The smallest absolute Gasteiger partial charge is 0.251 e. The van der Waals surface area contributed by atoms with Gasteiger partial charge in [0.2, 0.25) is 0 Å². The Morgan fingerprint density at radius 1 is 1.58 bits per heavy atom. The van der Waals surface area contributed by atoms with Crippen molar-refractivity contribution in [1.29, 1.82) is 5.26 Å². The summed E-state index contributed by atoms with van der Waals surface area (Å²) in [6.45, 7) is 0.724. The van der Waals surface area contributed by atoms with E-state index in [9.17, 15) is 9.90 Å². The van der Waals surface area contributed by atoms with Crippen molar-refractivity contribution in [3.63, 3.8) is 0 Å². The van der Waals surface area contributed by atoms with Crippen LogP contribution in [0.2, 0.25) is 5.02 Å². The number of nitriles is 1. The minimum absolute atomic E-state index is 0.0807. The lowest BCUT2D eigenvalue weighted by Crippen LogP contribution is -2.56. The molecule has 0 aromatic heterocycles. The van der Waals surface area contributed by atoms with Crippen molar-refractivity contribution in [3.8, 4) is 6.07 Å². The van der Waals surface area contributed by atoms with Gasteiger partial charge in [0.05, 0.1) is 17.8 Å². The largest absolute Gasteiger partial charge is 0.378 e. The molecule has 1 aliphatic rings. The summed E-state index contributed by atoms with van der Waals surface area (Å²) in [6.07, 6.45) is 0.956. The summed E-state index contributed by atoms with van der Waals surface area (Å²) in [6, 6.07) is 6.99. The molecular weight excluding hydrogens is 266 g/mol. The highest BCUT2D eigenvalue weighted by molar-refractivity contribution is 6.30. The molecule has 19 heavy (non-hydrogen) atoms.